The largest absolute Gasteiger partial charge is 0.316 e. The number of hydrogen-bond donors (Lipinski definition) is 1. The smallest absolute Gasteiger partial charge is 0.0621 e. The van der Waals surface area contributed by atoms with Crippen molar-refractivity contribution < 1.29 is 0 Å². The summed E-state index contributed by atoms with van der Waals surface area (Å²) in [5, 5.41) is 4.30. The molecule has 0 aliphatic rings. The van der Waals surface area contributed by atoms with Gasteiger partial charge in [0.2, 0.25) is 0 Å². The van der Waals surface area contributed by atoms with Crippen molar-refractivity contribution in [2.45, 2.75) is 32.6 Å². The molecule has 0 saturated carbocycles. The predicted octanol–water partition coefficient (Wildman–Crippen LogP) is 4.37. The maximum Gasteiger partial charge on any atom is 0.0621 e. The Morgan fingerprint density at radius 2 is 2.05 bits per heavy atom. The highest BCUT2D eigenvalue weighted by Gasteiger charge is 2.15. The molecular formula is C18H23ClN2. The summed E-state index contributed by atoms with van der Waals surface area (Å²) >= 11 is 6.27. The van der Waals surface area contributed by atoms with Crippen LogP contribution in [-0.4, -0.2) is 18.1 Å². The van der Waals surface area contributed by atoms with Gasteiger partial charge in [0, 0.05) is 24.9 Å². The van der Waals surface area contributed by atoms with Crippen LogP contribution in [0.5, 0.6) is 0 Å². The Morgan fingerprint density at radius 1 is 1.24 bits per heavy atom. The first-order valence-corrected chi connectivity index (χ1v) is 7.94. The van der Waals surface area contributed by atoms with Gasteiger partial charge in [-0.3, -0.25) is 4.98 Å². The highest BCUT2D eigenvalue weighted by Crippen LogP contribution is 2.26. The summed E-state index contributed by atoms with van der Waals surface area (Å²) in [5.74, 6) is 0.428. The van der Waals surface area contributed by atoms with Crippen LogP contribution in [-0.2, 0) is 6.42 Å². The Morgan fingerprint density at radius 3 is 2.76 bits per heavy atom. The zero-order valence-electron chi connectivity index (χ0n) is 12.8. The minimum absolute atomic E-state index is 0.428. The van der Waals surface area contributed by atoms with Crippen molar-refractivity contribution in [3.8, 4) is 0 Å². The van der Waals surface area contributed by atoms with E-state index in [4.69, 9.17) is 11.6 Å². The van der Waals surface area contributed by atoms with Gasteiger partial charge in [0.05, 0.1) is 5.02 Å². The van der Waals surface area contributed by atoms with E-state index >= 15 is 0 Å². The number of nitrogens with one attached hydrogen (secondary N) is 1. The van der Waals surface area contributed by atoms with Crippen LogP contribution >= 0.6 is 11.6 Å². The maximum absolute atomic E-state index is 6.27. The van der Waals surface area contributed by atoms with Crippen LogP contribution in [0.4, 0.5) is 0 Å². The first-order valence-electron chi connectivity index (χ1n) is 7.57. The Labute approximate surface area is 132 Å². The van der Waals surface area contributed by atoms with Crippen LogP contribution in [0.15, 0.2) is 42.7 Å². The van der Waals surface area contributed by atoms with Crippen molar-refractivity contribution in [2.75, 3.05) is 13.1 Å². The lowest BCUT2D eigenvalue weighted by Gasteiger charge is -2.20. The SMILES string of the molecule is CCCNCC(Cc1ccncc1Cl)c1ccccc1C. The first kappa shape index (κ1) is 16.0. The molecule has 1 N–H and O–H groups in total. The maximum atomic E-state index is 6.27. The molecule has 1 atom stereocenters. The fourth-order valence-corrected chi connectivity index (χ4v) is 2.82. The third kappa shape index (κ3) is 4.55. The average Bonchev–Trinajstić information content (AvgIpc) is 2.49. The van der Waals surface area contributed by atoms with Crippen LogP contribution in [0.2, 0.25) is 5.02 Å². The minimum Gasteiger partial charge on any atom is -0.316 e. The summed E-state index contributed by atoms with van der Waals surface area (Å²) < 4.78 is 0. The third-order valence-electron chi connectivity index (χ3n) is 3.77. The van der Waals surface area contributed by atoms with E-state index in [1.54, 1.807) is 6.20 Å². The fourth-order valence-electron chi connectivity index (χ4n) is 2.62. The van der Waals surface area contributed by atoms with Gasteiger partial charge in [-0.15, -0.1) is 0 Å². The highest BCUT2D eigenvalue weighted by atomic mass is 35.5. The number of benzene rings is 1. The molecule has 0 aliphatic carbocycles. The fraction of sp³-hybridized carbons (Fsp3) is 0.389. The van der Waals surface area contributed by atoms with Gasteiger partial charge in [-0.05, 0) is 49.1 Å². The lowest BCUT2D eigenvalue weighted by atomic mass is 9.89. The van der Waals surface area contributed by atoms with Crippen LogP contribution < -0.4 is 5.32 Å². The van der Waals surface area contributed by atoms with Crippen LogP contribution in [0.1, 0.15) is 36.0 Å². The molecule has 1 heterocycles. The van der Waals surface area contributed by atoms with Crippen molar-refractivity contribution in [3.05, 3.63) is 64.4 Å². The van der Waals surface area contributed by atoms with Crippen LogP contribution in [0, 0.1) is 6.92 Å². The number of halogens is 1. The summed E-state index contributed by atoms with van der Waals surface area (Å²) in [7, 11) is 0. The number of aromatic nitrogens is 1. The molecule has 3 heteroatoms. The molecule has 0 radical (unpaired) electrons. The minimum atomic E-state index is 0.428. The van der Waals surface area contributed by atoms with E-state index in [9.17, 15) is 0 Å². The van der Waals surface area contributed by atoms with Crippen LogP contribution in [0.25, 0.3) is 0 Å². The van der Waals surface area contributed by atoms with Crippen molar-refractivity contribution >= 4 is 11.6 Å². The second-order valence-corrected chi connectivity index (χ2v) is 5.84. The standard InChI is InChI=1S/C18H23ClN2/c1-3-9-20-12-16(17-7-5-4-6-14(17)2)11-15-8-10-21-13-18(15)19/h4-8,10,13,16,20H,3,9,11-12H2,1-2H3. The molecule has 2 aromatic rings. The predicted molar refractivity (Wildman–Crippen MR) is 90.0 cm³/mol. The zero-order valence-corrected chi connectivity index (χ0v) is 13.5. The van der Waals surface area contributed by atoms with E-state index < -0.39 is 0 Å². The zero-order chi connectivity index (χ0) is 15.1. The van der Waals surface area contributed by atoms with Crippen molar-refractivity contribution in [2.24, 2.45) is 0 Å². The molecule has 0 aliphatic heterocycles. The molecule has 1 unspecified atom stereocenters. The van der Waals surface area contributed by atoms with Gasteiger partial charge in [0.25, 0.3) is 0 Å². The summed E-state index contributed by atoms with van der Waals surface area (Å²) in [6.45, 7) is 6.38. The molecular weight excluding hydrogens is 280 g/mol. The van der Waals surface area contributed by atoms with Crippen molar-refractivity contribution in [3.63, 3.8) is 0 Å². The number of nitrogens with zero attached hydrogens (tertiary/aromatic N) is 1. The van der Waals surface area contributed by atoms with E-state index in [0.29, 0.717) is 5.92 Å². The van der Waals surface area contributed by atoms with E-state index in [1.807, 2.05) is 12.3 Å². The summed E-state index contributed by atoms with van der Waals surface area (Å²) in [5.41, 5.74) is 3.90. The summed E-state index contributed by atoms with van der Waals surface area (Å²) in [4.78, 5) is 4.07. The molecule has 0 saturated heterocycles. The van der Waals surface area contributed by atoms with Gasteiger partial charge in [-0.2, -0.15) is 0 Å². The van der Waals surface area contributed by atoms with Gasteiger partial charge in [0.1, 0.15) is 0 Å². The van der Waals surface area contributed by atoms with Gasteiger partial charge in [-0.1, -0.05) is 42.8 Å². The van der Waals surface area contributed by atoms with E-state index in [0.717, 1.165) is 31.0 Å². The average molecular weight is 303 g/mol. The topological polar surface area (TPSA) is 24.9 Å². The Bertz CT molecular complexity index is 569. The lowest BCUT2D eigenvalue weighted by molar-refractivity contribution is 0.574. The Hall–Kier alpha value is -1.38. The molecule has 2 nitrogen and oxygen atoms in total. The molecule has 21 heavy (non-hydrogen) atoms. The van der Waals surface area contributed by atoms with E-state index in [1.165, 1.54) is 16.7 Å². The molecule has 1 aromatic carbocycles. The number of rotatable bonds is 7. The number of aryl methyl sites for hydroxylation is 1. The van der Waals surface area contributed by atoms with Crippen molar-refractivity contribution in [1.29, 1.82) is 0 Å². The molecule has 2 rings (SSSR count). The van der Waals surface area contributed by atoms with Crippen molar-refractivity contribution in [1.82, 2.24) is 10.3 Å². The Balaban J connectivity index is 2.20. The summed E-state index contributed by atoms with van der Waals surface area (Å²) in [6, 6.07) is 10.6. The highest BCUT2D eigenvalue weighted by molar-refractivity contribution is 6.31. The van der Waals surface area contributed by atoms with E-state index in [2.05, 4.69) is 48.4 Å². The molecule has 1 aromatic heterocycles. The number of hydrogen-bond acceptors (Lipinski definition) is 2. The Kier molecular flexibility index (Phi) is 6.21. The second-order valence-electron chi connectivity index (χ2n) is 5.43. The van der Waals surface area contributed by atoms with Gasteiger partial charge >= 0.3 is 0 Å². The number of pyridine rings is 1. The lowest BCUT2D eigenvalue weighted by Crippen LogP contribution is -2.24. The third-order valence-corrected chi connectivity index (χ3v) is 4.11. The summed E-state index contributed by atoms with van der Waals surface area (Å²) in [6.07, 6.45) is 5.63. The monoisotopic (exact) mass is 302 g/mol. The first-order chi connectivity index (χ1) is 10.2. The van der Waals surface area contributed by atoms with E-state index in [-0.39, 0.29) is 0 Å². The normalized spacial score (nSPS) is 12.3. The molecule has 0 spiro atoms. The molecule has 112 valence electrons. The molecule has 0 bridgehead atoms. The molecule has 0 amide bonds. The molecule has 0 fully saturated rings. The van der Waals surface area contributed by atoms with Gasteiger partial charge in [-0.25, -0.2) is 0 Å². The van der Waals surface area contributed by atoms with Gasteiger partial charge in [0.15, 0.2) is 0 Å². The quantitative estimate of drug-likeness (QED) is 0.768. The van der Waals surface area contributed by atoms with Crippen LogP contribution in [0.3, 0.4) is 0 Å². The second kappa shape index (κ2) is 8.16. The van der Waals surface area contributed by atoms with Gasteiger partial charge < -0.3 is 5.32 Å².